The Hall–Kier alpha value is -1.24. The van der Waals surface area contributed by atoms with Crippen LogP contribution in [0, 0.1) is 0 Å². The minimum atomic E-state index is -0.0306. The zero-order valence-electron chi connectivity index (χ0n) is 14.0. The summed E-state index contributed by atoms with van der Waals surface area (Å²) >= 11 is 1.89. The lowest BCUT2D eigenvalue weighted by Crippen LogP contribution is -2.38. The first-order chi connectivity index (χ1) is 11.0. The molecular weight excluding hydrogens is 346 g/mol. The van der Waals surface area contributed by atoms with E-state index in [9.17, 15) is 9.59 Å². The molecule has 0 aliphatic carbocycles. The van der Waals surface area contributed by atoms with Gasteiger partial charge in [-0.3, -0.25) is 9.59 Å². The van der Waals surface area contributed by atoms with Crippen molar-refractivity contribution in [1.82, 2.24) is 4.90 Å². The fraction of sp³-hybridized carbons (Fsp3) is 0.529. The van der Waals surface area contributed by atoms with Gasteiger partial charge in [0.2, 0.25) is 11.8 Å². The van der Waals surface area contributed by atoms with E-state index in [0.29, 0.717) is 19.3 Å². The molecule has 2 amide bonds. The van der Waals surface area contributed by atoms with Crippen LogP contribution in [-0.2, 0) is 16.0 Å². The van der Waals surface area contributed by atoms with Crippen LogP contribution in [0.4, 0.5) is 5.69 Å². The van der Waals surface area contributed by atoms with E-state index in [-0.39, 0.29) is 30.3 Å². The Balaban J connectivity index is 0.00000288. The topological polar surface area (TPSA) is 75.4 Å². The Kier molecular flexibility index (Phi) is 9.18. The van der Waals surface area contributed by atoms with Crippen molar-refractivity contribution in [2.24, 2.45) is 5.73 Å². The lowest BCUT2D eigenvalue weighted by molar-refractivity contribution is -0.130. The second kappa shape index (κ2) is 10.6. The number of halogens is 1. The average molecular weight is 372 g/mol. The van der Waals surface area contributed by atoms with Gasteiger partial charge in [-0.05, 0) is 31.0 Å². The predicted octanol–water partition coefficient (Wildman–Crippen LogP) is 2.29. The normalized spacial score (nSPS) is 15.3. The Morgan fingerprint density at radius 1 is 1.25 bits per heavy atom. The molecule has 7 heteroatoms. The van der Waals surface area contributed by atoms with E-state index in [1.807, 2.05) is 47.9 Å². The first kappa shape index (κ1) is 20.8. The van der Waals surface area contributed by atoms with Gasteiger partial charge in [0.25, 0.3) is 0 Å². The Bertz CT molecular complexity index is 531. The van der Waals surface area contributed by atoms with Crippen molar-refractivity contribution in [3.63, 3.8) is 0 Å². The maximum Gasteiger partial charge on any atom is 0.227 e. The number of rotatable bonds is 6. The molecule has 1 aliphatic heterocycles. The summed E-state index contributed by atoms with van der Waals surface area (Å²) < 4.78 is 0. The third kappa shape index (κ3) is 7.11. The van der Waals surface area contributed by atoms with Crippen LogP contribution in [-0.4, -0.2) is 47.4 Å². The van der Waals surface area contributed by atoms with E-state index < -0.39 is 0 Å². The molecule has 24 heavy (non-hydrogen) atoms. The van der Waals surface area contributed by atoms with Gasteiger partial charge in [0.15, 0.2) is 0 Å². The summed E-state index contributed by atoms with van der Waals surface area (Å²) in [6.45, 7) is 3.58. The highest BCUT2D eigenvalue weighted by Crippen LogP contribution is 2.14. The van der Waals surface area contributed by atoms with Gasteiger partial charge in [-0.15, -0.1) is 12.4 Å². The van der Waals surface area contributed by atoms with Gasteiger partial charge in [0.1, 0.15) is 0 Å². The summed E-state index contributed by atoms with van der Waals surface area (Å²) in [6, 6.07) is 7.52. The van der Waals surface area contributed by atoms with Gasteiger partial charge < -0.3 is 16.0 Å². The van der Waals surface area contributed by atoms with Crippen LogP contribution in [0.15, 0.2) is 24.3 Å². The van der Waals surface area contributed by atoms with Crippen molar-refractivity contribution < 1.29 is 9.59 Å². The van der Waals surface area contributed by atoms with Crippen LogP contribution in [0.1, 0.15) is 25.3 Å². The maximum atomic E-state index is 12.2. The number of carbonyl (C=O) groups excluding carboxylic acids is 2. The molecule has 1 aromatic rings. The molecule has 1 saturated heterocycles. The van der Waals surface area contributed by atoms with Gasteiger partial charge in [0.05, 0.1) is 6.42 Å². The van der Waals surface area contributed by atoms with E-state index in [2.05, 4.69) is 5.32 Å². The Labute approximate surface area is 154 Å². The molecule has 1 heterocycles. The number of thioether (sulfide) groups is 1. The molecule has 0 spiro atoms. The molecule has 1 fully saturated rings. The molecule has 5 nitrogen and oxygen atoms in total. The Morgan fingerprint density at radius 2 is 1.88 bits per heavy atom. The van der Waals surface area contributed by atoms with E-state index in [1.54, 1.807) is 0 Å². The van der Waals surface area contributed by atoms with Crippen LogP contribution in [0.5, 0.6) is 0 Å². The van der Waals surface area contributed by atoms with Crippen LogP contribution in [0.2, 0.25) is 0 Å². The number of benzene rings is 1. The highest BCUT2D eigenvalue weighted by molar-refractivity contribution is 7.99. The summed E-state index contributed by atoms with van der Waals surface area (Å²) in [5.74, 6) is 2.20. The van der Waals surface area contributed by atoms with Gasteiger partial charge in [0, 0.05) is 42.7 Å². The van der Waals surface area contributed by atoms with Gasteiger partial charge >= 0.3 is 0 Å². The van der Waals surface area contributed by atoms with E-state index in [4.69, 9.17) is 5.73 Å². The van der Waals surface area contributed by atoms with Crippen LogP contribution in [0.25, 0.3) is 0 Å². The number of anilines is 1. The van der Waals surface area contributed by atoms with Gasteiger partial charge in [-0.2, -0.15) is 11.8 Å². The lowest BCUT2D eigenvalue weighted by atomic mass is 10.1. The van der Waals surface area contributed by atoms with Crippen molar-refractivity contribution in [2.75, 3.05) is 29.9 Å². The molecule has 0 radical (unpaired) electrons. The van der Waals surface area contributed by atoms with Crippen molar-refractivity contribution in [3.8, 4) is 0 Å². The average Bonchev–Trinajstić information content (AvgIpc) is 2.55. The second-order valence-electron chi connectivity index (χ2n) is 5.93. The number of nitrogens with one attached hydrogen (secondary N) is 1. The van der Waals surface area contributed by atoms with Crippen molar-refractivity contribution in [2.45, 2.75) is 32.2 Å². The fourth-order valence-electron chi connectivity index (χ4n) is 2.39. The smallest absolute Gasteiger partial charge is 0.227 e. The number of hydrogen-bond donors (Lipinski definition) is 2. The second-order valence-corrected chi connectivity index (χ2v) is 7.16. The molecule has 3 N–H and O–H groups in total. The number of hydrogen-bond acceptors (Lipinski definition) is 4. The summed E-state index contributed by atoms with van der Waals surface area (Å²) in [7, 11) is 0. The minimum Gasteiger partial charge on any atom is -0.341 e. The highest BCUT2D eigenvalue weighted by Gasteiger charge is 2.16. The SMILES string of the molecule is CC(N)CCC(=O)Nc1ccc(CC(=O)N2CCSCC2)cc1.Cl. The third-order valence-corrected chi connectivity index (χ3v) is 4.73. The molecule has 0 bridgehead atoms. The molecule has 0 saturated carbocycles. The molecule has 1 aromatic carbocycles. The van der Waals surface area contributed by atoms with Gasteiger partial charge in [-0.1, -0.05) is 12.1 Å². The quantitative estimate of drug-likeness (QED) is 0.804. The zero-order chi connectivity index (χ0) is 16.7. The first-order valence-corrected chi connectivity index (χ1v) is 9.20. The molecule has 1 unspecified atom stereocenters. The van der Waals surface area contributed by atoms with Crippen LogP contribution in [0.3, 0.4) is 0 Å². The largest absolute Gasteiger partial charge is 0.341 e. The summed E-state index contributed by atoms with van der Waals surface area (Å²) in [5, 5.41) is 2.85. The number of nitrogens with zero attached hydrogens (tertiary/aromatic N) is 1. The minimum absolute atomic E-state index is 0. The lowest BCUT2D eigenvalue weighted by Gasteiger charge is -2.26. The van der Waals surface area contributed by atoms with Crippen molar-refractivity contribution in [1.29, 1.82) is 0 Å². The van der Waals surface area contributed by atoms with Crippen LogP contribution < -0.4 is 11.1 Å². The molecule has 134 valence electrons. The molecule has 0 aromatic heterocycles. The number of carbonyl (C=O) groups is 2. The zero-order valence-corrected chi connectivity index (χ0v) is 15.6. The van der Waals surface area contributed by atoms with Crippen LogP contribution >= 0.6 is 24.2 Å². The molecule has 1 aliphatic rings. The summed E-state index contributed by atoms with van der Waals surface area (Å²) in [4.78, 5) is 25.9. The number of amides is 2. The van der Waals surface area contributed by atoms with E-state index in [1.165, 1.54) is 0 Å². The Morgan fingerprint density at radius 3 is 2.46 bits per heavy atom. The monoisotopic (exact) mass is 371 g/mol. The summed E-state index contributed by atoms with van der Waals surface area (Å²) in [5.41, 5.74) is 7.37. The molecule has 2 rings (SSSR count). The van der Waals surface area contributed by atoms with Gasteiger partial charge in [-0.25, -0.2) is 0 Å². The van der Waals surface area contributed by atoms with E-state index >= 15 is 0 Å². The fourth-order valence-corrected chi connectivity index (χ4v) is 3.29. The van der Waals surface area contributed by atoms with Crippen molar-refractivity contribution >= 4 is 41.7 Å². The van der Waals surface area contributed by atoms with E-state index in [0.717, 1.165) is 35.8 Å². The first-order valence-electron chi connectivity index (χ1n) is 8.04. The third-order valence-electron chi connectivity index (χ3n) is 3.78. The maximum absolute atomic E-state index is 12.2. The molecule has 1 atom stereocenters. The summed E-state index contributed by atoms with van der Waals surface area (Å²) in [6.07, 6.45) is 1.51. The molecular formula is C17H26ClN3O2S. The van der Waals surface area contributed by atoms with Crippen molar-refractivity contribution in [3.05, 3.63) is 29.8 Å². The highest BCUT2D eigenvalue weighted by atomic mass is 35.5. The number of nitrogens with two attached hydrogens (primary N) is 1. The predicted molar refractivity (Wildman–Crippen MR) is 103 cm³/mol. The standard InChI is InChI=1S/C17H25N3O2S.ClH/c1-13(18)2-7-16(21)19-15-5-3-14(4-6-15)12-17(22)20-8-10-23-11-9-20;/h3-6,13H,2,7-12,18H2,1H3,(H,19,21);1H.